The van der Waals surface area contributed by atoms with Crippen molar-refractivity contribution >= 4 is 23.2 Å². The molecule has 0 aromatic carbocycles. The Kier molecular flexibility index (Phi) is 3.47. The normalized spacial score (nSPS) is 11.2. The van der Waals surface area contributed by atoms with Crippen molar-refractivity contribution in [1.82, 2.24) is 19.1 Å². The second kappa shape index (κ2) is 5.08. The summed E-state index contributed by atoms with van der Waals surface area (Å²) < 4.78 is 6.63. The average Bonchev–Trinajstić information content (AvgIpc) is 2.48. The summed E-state index contributed by atoms with van der Waals surface area (Å²) in [5.74, 6) is -0.541. The van der Waals surface area contributed by atoms with Gasteiger partial charge in [-0.2, -0.15) is 0 Å². The van der Waals surface area contributed by atoms with Crippen LogP contribution in [0.2, 0.25) is 0 Å². The van der Waals surface area contributed by atoms with E-state index < -0.39 is 17.2 Å². The first kappa shape index (κ1) is 13.7. The van der Waals surface area contributed by atoms with Crippen LogP contribution >= 0.6 is 0 Å². The third kappa shape index (κ3) is 2.22. The number of rotatable bonds is 2. The molecule has 0 saturated heterocycles. The lowest BCUT2D eigenvalue weighted by Gasteiger charge is -2.05. The Labute approximate surface area is 113 Å². The van der Waals surface area contributed by atoms with Crippen LogP contribution < -0.4 is 11.2 Å². The number of carbonyl (C=O) groups is 1. The second-order valence-corrected chi connectivity index (χ2v) is 4.03. The summed E-state index contributed by atoms with van der Waals surface area (Å²) >= 11 is 0. The van der Waals surface area contributed by atoms with Gasteiger partial charge in [0.1, 0.15) is 0 Å². The molecule has 0 amide bonds. The molecular weight excluding hydrogens is 264 g/mol. The van der Waals surface area contributed by atoms with Crippen molar-refractivity contribution in [1.29, 1.82) is 0 Å². The van der Waals surface area contributed by atoms with Gasteiger partial charge < -0.3 is 4.74 Å². The van der Waals surface area contributed by atoms with E-state index in [9.17, 15) is 14.4 Å². The van der Waals surface area contributed by atoms with Crippen molar-refractivity contribution in [3.63, 3.8) is 0 Å². The number of nitrogens with zero attached hydrogens (tertiary/aromatic N) is 4. The molecule has 2 aromatic rings. The van der Waals surface area contributed by atoms with Crippen molar-refractivity contribution < 1.29 is 9.53 Å². The van der Waals surface area contributed by atoms with Crippen LogP contribution in [0.25, 0.3) is 17.2 Å². The summed E-state index contributed by atoms with van der Waals surface area (Å²) in [6.45, 7) is 0. The molecule has 0 aliphatic heterocycles. The summed E-state index contributed by atoms with van der Waals surface area (Å²) in [5, 5.41) is 0. The summed E-state index contributed by atoms with van der Waals surface area (Å²) in [6, 6.07) is 0. The number of esters is 1. The number of hydrogen-bond acceptors (Lipinski definition) is 6. The van der Waals surface area contributed by atoms with Gasteiger partial charge in [-0.25, -0.2) is 19.6 Å². The van der Waals surface area contributed by atoms with Crippen molar-refractivity contribution in [3.05, 3.63) is 38.8 Å². The summed E-state index contributed by atoms with van der Waals surface area (Å²) in [7, 11) is 4.12. The minimum Gasteiger partial charge on any atom is -0.466 e. The number of aryl methyl sites for hydroxylation is 1. The van der Waals surface area contributed by atoms with Gasteiger partial charge >= 0.3 is 11.7 Å². The third-order valence-electron chi connectivity index (χ3n) is 2.76. The van der Waals surface area contributed by atoms with Crippen LogP contribution in [0.15, 0.2) is 21.9 Å². The van der Waals surface area contributed by atoms with Crippen LogP contribution in [0.3, 0.4) is 0 Å². The van der Waals surface area contributed by atoms with Crippen molar-refractivity contribution in [2.75, 3.05) is 7.11 Å². The molecule has 8 nitrogen and oxygen atoms in total. The molecule has 0 N–H and O–H groups in total. The van der Waals surface area contributed by atoms with Crippen molar-refractivity contribution in [3.8, 4) is 0 Å². The highest BCUT2D eigenvalue weighted by Crippen LogP contribution is 2.04. The lowest BCUT2D eigenvalue weighted by molar-refractivity contribution is -0.134. The fraction of sp³-hybridized carbons (Fsp3) is 0.250. The summed E-state index contributed by atoms with van der Waals surface area (Å²) in [6.07, 6.45) is 3.91. The summed E-state index contributed by atoms with van der Waals surface area (Å²) in [4.78, 5) is 42.8. The van der Waals surface area contributed by atoms with E-state index >= 15 is 0 Å². The minimum atomic E-state index is -0.541. The van der Waals surface area contributed by atoms with Gasteiger partial charge in [0.2, 0.25) is 0 Å². The lowest BCUT2D eigenvalue weighted by Crippen LogP contribution is -2.37. The Morgan fingerprint density at radius 1 is 1.30 bits per heavy atom. The molecular formula is C12H12N4O4. The third-order valence-corrected chi connectivity index (χ3v) is 2.76. The van der Waals surface area contributed by atoms with E-state index in [4.69, 9.17) is 0 Å². The zero-order valence-corrected chi connectivity index (χ0v) is 11.2. The molecule has 0 aliphatic rings. The zero-order valence-electron chi connectivity index (χ0n) is 11.2. The van der Waals surface area contributed by atoms with E-state index in [0.29, 0.717) is 5.69 Å². The number of fused-ring (bicyclic) bond motifs is 1. The molecule has 0 atom stereocenters. The van der Waals surface area contributed by atoms with Gasteiger partial charge in [-0.05, 0) is 6.08 Å². The Bertz CT molecular complexity index is 832. The number of methoxy groups -OCH3 is 1. The first-order chi connectivity index (χ1) is 9.45. The molecule has 104 valence electrons. The van der Waals surface area contributed by atoms with Crippen LogP contribution in [0.1, 0.15) is 5.69 Å². The molecule has 0 saturated carbocycles. The topological polar surface area (TPSA) is 96.1 Å². The van der Waals surface area contributed by atoms with E-state index in [1.165, 1.54) is 44.1 Å². The highest BCUT2D eigenvalue weighted by molar-refractivity contribution is 5.86. The monoisotopic (exact) mass is 276 g/mol. The molecule has 0 aliphatic carbocycles. The van der Waals surface area contributed by atoms with Gasteiger partial charge in [0, 0.05) is 20.2 Å². The van der Waals surface area contributed by atoms with E-state index in [-0.39, 0.29) is 11.2 Å². The van der Waals surface area contributed by atoms with Gasteiger partial charge in [-0.3, -0.25) is 13.9 Å². The van der Waals surface area contributed by atoms with Crippen LogP contribution in [0.4, 0.5) is 0 Å². The SMILES string of the molecule is COC(=O)C=Cc1cnc2c(n1)c(=O)n(C)c(=O)n2C. The van der Waals surface area contributed by atoms with E-state index in [0.717, 1.165) is 4.57 Å². The summed E-state index contributed by atoms with van der Waals surface area (Å²) in [5.41, 5.74) is -0.452. The number of hydrogen-bond donors (Lipinski definition) is 0. The molecule has 2 rings (SSSR count). The first-order valence-electron chi connectivity index (χ1n) is 5.64. The van der Waals surface area contributed by atoms with Crippen molar-refractivity contribution in [2.24, 2.45) is 14.1 Å². The molecule has 8 heteroatoms. The standard InChI is InChI=1S/C12H12N4O4/c1-15-10-9(11(18)16(2)12(15)19)14-7(6-13-10)4-5-8(17)20-3/h4-6H,1-3H3. The number of ether oxygens (including phenoxy) is 1. The lowest BCUT2D eigenvalue weighted by atomic mass is 10.3. The smallest absolute Gasteiger partial charge is 0.332 e. The largest absolute Gasteiger partial charge is 0.466 e. The van der Waals surface area contributed by atoms with Gasteiger partial charge in [-0.1, -0.05) is 0 Å². The van der Waals surface area contributed by atoms with E-state index in [1.807, 2.05) is 0 Å². The maximum atomic E-state index is 12.0. The highest BCUT2D eigenvalue weighted by atomic mass is 16.5. The van der Waals surface area contributed by atoms with E-state index in [1.54, 1.807) is 0 Å². The number of aromatic nitrogens is 4. The fourth-order valence-corrected chi connectivity index (χ4v) is 1.65. The molecule has 0 radical (unpaired) electrons. The Hall–Kier alpha value is -2.77. The minimum absolute atomic E-state index is 0.0571. The first-order valence-corrected chi connectivity index (χ1v) is 5.64. The predicted molar refractivity (Wildman–Crippen MR) is 71.1 cm³/mol. The van der Waals surface area contributed by atoms with Crippen LogP contribution in [0.5, 0.6) is 0 Å². The molecule has 0 spiro atoms. The molecule has 0 fully saturated rings. The maximum absolute atomic E-state index is 12.0. The number of carbonyl (C=O) groups excluding carboxylic acids is 1. The van der Waals surface area contributed by atoms with Crippen LogP contribution in [0, 0.1) is 0 Å². The van der Waals surface area contributed by atoms with Crippen molar-refractivity contribution in [2.45, 2.75) is 0 Å². The molecule has 20 heavy (non-hydrogen) atoms. The van der Waals surface area contributed by atoms with Crippen LogP contribution in [-0.4, -0.2) is 32.2 Å². The zero-order chi connectivity index (χ0) is 14.9. The van der Waals surface area contributed by atoms with E-state index in [2.05, 4.69) is 14.7 Å². The molecule has 2 aromatic heterocycles. The van der Waals surface area contributed by atoms with Gasteiger partial charge in [0.25, 0.3) is 5.56 Å². The van der Waals surface area contributed by atoms with Gasteiger partial charge in [0.15, 0.2) is 11.2 Å². The molecule has 0 unspecified atom stereocenters. The average molecular weight is 276 g/mol. The fourth-order valence-electron chi connectivity index (χ4n) is 1.65. The van der Waals surface area contributed by atoms with Gasteiger partial charge in [0.05, 0.1) is 19.0 Å². The maximum Gasteiger partial charge on any atom is 0.332 e. The van der Waals surface area contributed by atoms with Gasteiger partial charge in [-0.15, -0.1) is 0 Å². The Morgan fingerprint density at radius 2 is 2.00 bits per heavy atom. The highest BCUT2D eigenvalue weighted by Gasteiger charge is 2.10. The quantitative estimate of drug-likeness (QED) is 0.527. The Morgan fingerprint density at radius 3 is 2.65 bits per heavy atom. The molecule has 0 bridgehead atoms. The second-order valence-electron chi connectivity index (χ2n) is 4.03. The van der Waals surface area contributed by atoms with Crippen LogP contribution in [-0.2, 0) is 23.6 Å². The molecule has 2 heterocycles. The Balaban J connectivity index is 2.67. The predicted octanol–water partition coefficient (Wildman–Crippen LogP) is -0.787.